The SMILES string of the molecule is CCCOc1ccc(CCC(=O)NC2CCC(N)CC2)cc1.Cl. The van der Waals surface area contributed by atoms with Crippen LogP contribution in [0, 0.1) is 0 Å². The summed E-state index contributed by atoms with van der Waals surface area (Å²) in [5.41, 5.74) is 7.05. The minimum absolute atomic E-state index is 0. The number of benzene rings is 1. The molecule has 0 aromatic heterocycles. The van der Waals surface area contributed by atoms with Crippen LogP contribution in [-0.2, 0) is 11.2 Å². The number of hydrogen-bond donors (Lipinski definition) is 2. The van der Waals surface area contributed by atoms with E-state index in [1.165, 1.54) is 5.56 Å². The molecule has 0 spiro atoms. The first-order valence-corrected chi connectivity index (χ1v) is 8.44. The highest BCUT2D eigenvalue weighted by molar-refractivity contribution is 5.85. The second kappa shape index (κ2) is 10.5. The Morgan fingerprint density at radius 2 is 1.87 bits per heavy atom. The minimum Gasteiger partial charge on any atom is -0.494 e. The molecule has 5 heteroatoms. The molecule has 0 radical (unpaired) electrons. The van der Waals surface area contributed by atoms with Crippen LogP contribution in [0.25, 0.3) is 0 Å². The normalized spacial score (nSPS) is 20.4. The number of hydrogen-bond acceptors (Lipinski definition) is 3. The molecule has 23 heavy (non-hydrogen) atoms. The highest BCUT2D eigenvalue weighted by Crippen LogP contribution is 2.17. The molecule has 1 fully saturated rings. The molecule has 0 heterocycles. The zero-order valence-electron chi connectivity index (χ0n) is 13.9. The highest BCUT2D eigenvalue weighted by atomic mass is 35.5. The molecule has 0 saturated heterocycles. The van der Waals surface area contributed by atoms with Gasteiger partial charge in [0.25, 0.3) is 0 Å². The summed E-state index contributed by atoms with van der Waals surface area (Å²) in [6.45, 7) is 2.83. The number of aryl methyl sites for hydroxylation is 1. The van der Waals surface area contributed by atoms with Crippen LogP contribution in [0.2, 0.25) is 0 Å². The van der Waals surface area contributed by atoms with Crippen molar-refractivity contribution in [3.63, 3.8) is 0 Å². The molecular formula is C18H29ClN2O2. The maximum absolute atomic E-state index is 12.0. The zero-order chi connectivity index (χ0) is 15.8. The van der Waals surface area contributed by atoms with Gasteiger partial charge in [0, 0.05) is 18.5 Å². The first kappa shape index (κ1) is 19.8. The average Bonchev–Trinajstić information content (AvgIpc) is 2.54. The van der Waals surface area contributed by atoms with E-state index in [-0.39, 0.29) is 18.3 Å². The average molecular weight is 341 g/mol. The number of carbonyl (C=O) groups is 1. The Balaban J connectivity index is 0.00000264. The van der Waals surface area contributed by atoms with Gasteiger partial charge in [-0.1, -0.05) is 19.1 Å². The van der Waals surface area contributed by atoms with E-state index in [2.05, 4.69) is 12.2 Å². The molecule has 0 aliphatic heterocycles. The number of nitrogens with one attached hydrogen (secondary N) is 1. The van der Waals surface area contributed by atoms with Crippen LogP contribution in [0.5, 0.6) is 5.75 Å². The third kappa shape index (κ3) is 7.23. The van der Waals surface area contributed by atoms with Gasteiger partial charge in [-0.15, -0.1) is 12.4 Å². The van der Waals surface area contributed by atoms with Gasteiger partial charge in [-0.05, 0) is 56.2 Å². The summed E-state index contributed by atoms with van der Waals surface area (Å²) in [6.07, 6.45) is 6.37. The number of rotatable bonds is 7. The second-order valence-electron chi connectivity index (χ2n) is 6.17. The van der Waals surface area contributed by atoms with Crippen molar-refractivity contribution < 1.29 is 9.53 Å². The van der Waals surface area contributed by atoms with Gasteiger partial charge in [0.1, 0.15) is 5.75 Å². The molecule has 2 rings (SSSR count). The van der Waals surface area contributed by atoms with Crippen LogP contribution >= 0.6 is 12.4 Å². The fourth-order valence-electron chi connectivity index (χ4n) is 2.79. The quantitative estimate of drug-likeness (QED) is 0.801. The van der Waals surface area contributed by atoms with Crippen molar-refractivity contribution in [3.8, 4) is 5.75 Å². The lowest BCUT2D eigenvalue weighted by atomic mass is 9.92. The number of ether oxygens (including phenoxy) is 1. The van der Waals surface area contributed by atoms with E-state index in [1.807, 2.05) is 24.3 Å². The first-order valence-electron chi connectivity index (χ1n) is 8.44. The number of amides is 1. The van der Waals surface area contributed by atoms with Gasteiger partial charge < -0.3 is 15.8 Å². The second-order valence-corrected chi connectivity index (χ2v) is 6.17. The van der Waals surface area contributed by atoms with Gasteiger partial charge in [-0.3, -0.25) is 4.79 Å². The topological polar surface area (TPSA) is 64.3 Å². The summed E-state index contributed by atoms with van der Waals surface area (Å²) in [5, 5.41) is 3.13. The van der Waals surface area contributed by atoms with Crippen molar-refractivity contribution in [2.75, 3.05) is 6.61 Å². The minimum atomic E-state index is 0. The Morgan fingerprint density at radius 3 is 2.48 bits per heavy atom. The lowest BCUT2D eigenvalue weighted by Crippen LogP contribution is -2.40. The molecule has 1 amide bonds. The Morgan fingerprint density at radius 1 is 1.22 bits per heavy atom. The van der Waals surface area contributed by atoms with E-state index in [0.29, 0.717) is 18.5 Å². The molecule has 0 unspecified atom stereocenters. The molecule has 4 nitrogen and oxygen atoms in total. The van der Waals surface area contributed by atoms with E-state index < -0.39 is 0 Å². The van der Waals surface area contributed by atoms with E-state index >= 15 is 0 Å². The molecule has 1 saturated carbocycles. The lowest BCUT2D eigenvalue weighted by molar-refractivity contribution is -0.122. The summed E-state index contributed by atoms with van der Waals surface area (Å²) in [7, 11) is 0. The smallest absolute Gasteiger partial charge is 0.220 e. The third-order valence-corrected chi connectivity index (χ3v) is 4.17. The number of halogens is 1. The molecular weight excluding hydrogens is 312 g/mol. The third-order valence-electron chi connectivity index (χ3n) is 4.17. The van der Waals surface area contributed by atoms with Crippen LogP contribution in [0.3, 0.4) is 0 Å². The van der Waals surface area contributed by atoms with Crippen molar-refractivity contribution in [1.82, 2.24) is 5.32 Å². The fraction of sp³-hybridized carbons (Fsp3) is 0.611. The maximum Gasteiger partial charge on any atom is 0.220 e. The Kier molecular flexibility index (Phi) is 9.03. The summed E-state index contributed by atoms with van der Waals surface area (Å²) in [6, 6.07) is 8.67. The Hall–Kier alpha value is -1.26. The summed E-state index contributed by atoms with van der Waals surface area (Å²) in [5.74, 6) is 1.04. The first-order chi connectivity index (χ1) is 10.7. The summed E-state index contributed by atoms with van der Waals surface area (Å²) in [4.78, 5) is 12.0. The maximum atomic E-state index is 12.0. The van der Waals surface area contributed by atoms with Gasteiger partial charge in [-0.2, -0.15) is 0 Å². The van der Waals surface area contributed by atoms with Crippen LogP contribution in [0.4, 0.5) is 0 Å². The van der Waals surface area contributed by atoms with Crippen LogP contribution in [-0.4, -0.2) is 24.6 Å². The Labute approximate surface area is 145 Å². The van der Waals surface area contributed by atoms with Crippen LogP contribution in [0.1, 0.15) is 51.0 Å². The van der Waals surface area contributed by atoms with Gasteiger partial charge in [0.15, 0.2) is 0 Å². The van der Waals surface area contributed by atoms with Gasteiger partial charge in [-0.25, -0.2) is 0 Å². The van der Waals surface area contributed by atoms with Crippen molar-refractivity contribution in [2.45, 2.75) is 64.0 Å². The number of carbonyl (C=O) groups excluding carboxylic acids is 1. The molecule has 0 atom stereocenters. The van der Waals surface area contributed by atoms with Gasteiger partial charge in [0.2, 0.25) is 5.91 Å². The van der Waals surface area contributed by atoms with Crippen LogP contribution < -0.4 is 15.8 Å². The fourth-order valence-corrected chi connectivity index (χ4v) is 2.79. The van der Waals surface area contributed by atoms with Crippen molar-refractivity contribution >= 4 is 18.3 Å². The monoisotopic (exact) mass is 340 g/mol. The van der Waals surface area contributed by atoms with Gasteiger partial charge in [0.05, 0.1) is 6.61 Å². The van der Waals surface area contributed by atoms with E-state index in [9.17, 15) is 4.79 Å². The van der Waals surface area contributed by atoms with E-state index in [1.54, 1.807) is 0 Å². The largest absolute Gasteiger partial charge is 0.494 e. The molecule has 130 valence electrons. The molecule has 1 aliphatic carbocycles. The number of nitrogens with two attached hydrogens (primary N) is 1. The van der Waals surface area contributed by atoms with E-state index in [4.69, 9.17) is 10.5 Å². The predicted molar refractivity (Wildman–Crippen MR) is 96.2 cm³/mol. The molecule has 1 aliphatic rings. The van der Waals surface area contributed by atoms with E-state index in [0.717, 1.165) is 50.9 Å². The summed E-state index contributed by atoms with van der Waals surface area (Å²) < 4.78 is 5.56. The predicted octanol–water partition coefficient (Wildman–Crippen LogP) is 3.22. The van der Waals surface area contributed by atoms with Crippen molar-refractivity contribution in [3.05, 3.63) is 29.8 Å². The molecule has 1 aromatic carbocycles. The lowest BCUT2D eigenvalue weighted by Gasteiger charge is -2.26. The highest BCUT2D eigenvalue weighted by Gasteiger charge is 2.19. The molecule has 0 bridgehead atoms. The Bertz CT molecular complexity index is 457. The zero-order valence-corrected chi connectivity index (χ0v) is 14.7. The molecule has 1 aromatic rings. The van der Waals surface area contributed by atoms with Gasteiger partial charge >= 0.3 is 0 Å². The standard InChI is InChI=1S/C18H28N2O2.ClH/c1-2-13-22-17-10-3-14(4-11-17)5-12-18(21)20-16-8-6-15(19)7-9-16;/h3-4,10-11,15-16H,2,5-9,12-13,19H2,1H3,(H,20,21);1H. The summed E-state index contributed by atoms with van der Waals surface area (Å²) >= 11 is 0. The molecule has 3 N–H and O–H groups in total. The van der Waals surface area contributed by atoms with Crippen LogP contribution in [0.15, 0.2) is 24.3 Å². The van der Waals surface area contributed by atoms with Crippen molar-refractivity contribution in [2.24, 2.45) is 5.73 Å². The van der Waals surface area contributed by atoms with Crippen molar-refractivity contribution in [1.29, 1.82) is 0 Å².